The largest absolute Gasteiger partial charge is 0.496 e. The first-order valence-corrected chi connectivity index (χ1v) is 11.0. The highest BCUT2D eigenvalue weighted by Gasteiger charge is 2.20. The van der Waals surface area contributed by atoms with Crippen molar-refractivity contribution in [1.82, 2.24) is 18.7 Å². The van der Waals surface area contributed by atoms with E-state index in [1.807, 2.05) is 36.4 Å². The number of imidazole rings is 1. The lowest BCUT2D eigenvalue weighted by Gasteiger charge is -2.10. The number of aromatic nitrogens is 4. The van der Waals surface area contributed by atoms with Gasteiger partial charge in [0.15, 0.2) is 11.2 Å². The third-order valence-corrected chi connectivity index (χ3v) is 6.06. The molecule has 0 spiro atoms. The van der Waals surface area contributed by atoms with Gasteiger partial charge in [0.25, 0.3) is 5.56 Å². The lowest BCUT2D eigenvalue weighted by Crippen LogP contribution is -2.37. The Kier molecular flexibility index (Phi) is 6.39. The molecule has 170 valence electrons. The van der Waals surface area contributed by atoms with Gasteiger partial charge in [-0.1, -0.05) is 45.7 Å². The molecule has 2 aromatic carbocycles. The van der Waals surface area contributed by atoms with Crippen molar-refractivity contribution in [3.05, 3.63) is 83.9 Å². The second-order valence-corrected chi connectivity index (χ2v) is 8.57. The van der Waals surface area contributed by atoms with Gasteiger partial charge in [0.1, 0.15) is 5.75 Å². The van der Waals surface area contributed by atoms with Gasteiger partial charge in [-0.2, -0.15) is 10.1 Å². The molecule has 2 heterocycles. The Morgan fingerprint density at radius 1 is 1.18 bits per heavy atom. The monoisotopic (exact) mass is 530 g/mol. The van der Waals surface area contributed by atoms with Crippen molar-refractivity contribution in [3.63, 3.8) is 0 Å². The minimum Gasteiger partial charge on any atom is -0.496 e. The average Bonchev–Trinajstić information content (AvgIpc) is 3.16. The number of anilines is 1. The summed E-state index contributed by atoms with van der Waals surface area (Å²) in [5.41, 5.74) is 4.00. The fourth-order valence-corrected chi connectivity index (χ4v) is 4.02. The van der Waals surface area contributed by atoms with E-state index in [1.54, 1.807) is 31.0 Å². The summed E-state index contributed by atoms with van der Waals surface area (Å²) in [6.45, 7) is 0.252. The Morgan fingerprint density at radius 3 is 2.67 bits per heavy atom. The molecule has 0 fully saturated rings. The molecule has 4 aromatic rings. The average molecular weight is 532 g/mol. The molecule has 0 bridgehead atoms. The summed E-state index contributed by atoms with van der Waals surface area (Å²) >= 11 is 9.80. The summed E-state index contributed by atoms with van der Waals surface area (Å²) < 4.78 is 10.3. The Bertz CT molecular complexity index is 1500. The van der Waals surface area contributed by atoms with Crippen LogP contribution in [0.4, 0.5) is 5.95 Å². The molecule has 9 nitrogen and oxygen atoms in total. The van der Waals surface area contributed by atoms with E-state index >= 15 is 0 Å². The second-order valence-electron chi connectivity index (χ2n) is 7.25. The van der Waals surface area contributed by atoms with Crippen LogP contribution in [0.15, 0.2) is 61.6 Å². The Hall–Kier alpha value is -3.37. The van der Waals surface area contributed by atoms with Gasteiger partial charge >= 0.3 is 5.69 Å². The molecule has 33 heavy (non-hydrogen) atoms. The van der Waals surface area contributed by atoms with E-state index in [2.05, 4.69) is 31.4 Å². The number of hydrogen-bond donors (Lipinski definition) is 1. The van der Waals surface area contributed by atoms with Gasteiger partial charge in [0.05, 0.1) is 19.9 Å². The Balaban J connectivity index is 1.84. The van der Waals surface area contributed by atoms with Crippen molar-refractivity contribution in [2.24, 2.45) is 19.2 Å². The van der Waals surface area contributed by atoms with Gasteiger partial charge in [0, 0.05) is 29.2 Å². The minimum absolute atomic E-state index is 0.243. The topological polar surface area (TPSA) is 95.4 Å². The number of hydrogen-bond acceptors (Lipinski definition) is 6. The van der Waals surface area contributed by atoms with Crippen molar-refractivity contribution in [3.8, 4) is 5.75 Å². The molecular weight excluding hydrogens is 512 g/mol. The van der Waals surface area contributed by atoms with Crippen LogP contribution in [0.3, 0.4) is 0 Å². The number of halogens is 2. The lowest BCUT2D eigenvalue weighted by atomic mass is 10.2. The quantitative estimate of drug-likeness (QED) is 0.304. The molecule has 2 aromatic heterocycles. The molecule has 0 atom stereocenters. The Labute approximate surface area is 202 Å². The Morgan fingerprint density at radius 2 is 1.94 bits per heavy atom. The zero-order chi connectivity index (χ0) is 23.7. The SMILES string of the molecule is COc1ccc(Br)cc1C=NNc1nc2c(c(=O)n(C)c(=O)n2C)n1Cc1ccccc1Cl. The highest BCUT2D eigenvalue weighted by atomic mass is 79.9. The zero-order valence-corrected chi connectivity index (χ0v) is 20.4. The molecule has 0 saturated heterocycles. The molecule has 0 unspecified atom stereocenters. The summed E-state index contributed by atoms with van der Waals surface area (Å²) in [7, 11) is 4.57. The van der Waals surface area contributed by atoms with Crippen LogP contribution in [0.2, 0.25) is 5.02 Å². The van der Waals surface area contributed by atoms with Crippen molar-refractivity contribution in [2.45, 2.75) is 6.54 Å². The number of methoxy groups -OCH3 is 1. The van der Waals surface area contributed by atoms with Gasteiger partial charge in [-0.05, 0) is 29.8 Å². The highest BCUT2D eigenvalue weighted by molar-refractivity contribution is 9.10. The maximum absolute atomic E-state index is 13.0. The van der Waals surface area contributed by atoms with Crippen LogP contribution in [0, 0.1) is 0 Å². The predicted molar refractivity (Wildman–Crippen MR) is 133 cm³/mol. The van der Waals surface area contributed by atoms with Crippen LogP contribution in [0.5, 0.6) is 5.75 Å². The van der Waals surface area contributed by atoms with E-state index in [0.29, 0.717) is 10.8 Å². The molecular formula is C22H20BrClN6O3. The smallest absolute Gasteiger partial charge is 0.332 e. The third-order valence-electron chi connectivity index (χ3n) is 5.19. The van der Waals surface area contributed by atoms with Crippen LogP contribution in [-0.4, -0.2) is 32.0 Å². The molecule has 0 aliphatic heterocycles. The van der Waals surface area contributed by atoms with E-state index in [0.717, 1.165) is 20.2 Å². The molecule has 4 rings (SSSR count). The molecule has 0 amide bonds. The summed E-state index contributed by atoms with van der Waals surface area (Å²) in [5, 5.41) is 4.85. The number of hydrazone groups is 1. The van der Waals surface area contributed by atoms with Crippen molar-refractivity contribution >= 4 is 50.9 Å². The number of ether oxygens (including phenoxy) is 1. The molecule has 0 saturated carbocycles. The predicted octanol–water partition coefficient (Wildman–Crippen LogP) is 3.35. The first kappa shape index (κ1) is 22.8. The maximum atomic E-state index is 13.0. The molecule has 0 aliphatic rings. The van der Waals surface area contributed by atoms with E-state index in [-0.39, 0.29) is 23.7 Å². The molecule has 1 N–H and O–H groups in total. The first-order chi connectivity index (χ1) is 15.8. The first-order valence-electron chi connectivity index (χ1n) is 9.84. The number of benzene rings is 2. The molecule has 11 heteroatoms. The van der Waals surface area contributed by atoms with Crippen LogP contribution in [-0.2, 0) is 20.6 Å². The fourth-order valence-electron chi connectivity index (χ4n) is 3.45. The lowest BCUT2D eigenvalue weighted by molar-refractivity contribution is 0.414. The number of rotatable bonds is 6. The number of fused-ring (bicyclic) bond motifs is 1. The van der Waals surface area contributed by atoms with Crippen molar-refractivity contribution in [2.75, 3.05) is 12.5 Å². The van der Waals surface area contributed by atoms with Crippen molar-refractivity contribution < 1.29 is 4.74 Å². The van der Waals surface area contributed by atoms with Gasteiger partial charge in [-0.3, -0.25) is 18.5 Å². The number of nitrogens with zero attached hydrogens (tertiary/aromatic N) is 5. The summed E-state index contributed by atoms with van der Waals surface area (Å²) in [4.78, 5) is 29.9. The normalized spacial score (nSPS) is 11.4. The number of nitrogens with one attached hydrogen (secondary N) is 1. The van der Waals surface area contributed by atoms with E-state index < -0.39 is 11.2 Å². The summed E-state index contributed by atoms with van der Waals surface area (Å²) in [6, 6.07) is 12.9. The van der Waals surface area contributed by atoms with Gasteiger partial charge in [-0.25, -0.2) is 10.2 Å². The second kappa shape index (κ2) is 9.24. The summed E-state index contributed by atoms with van der Waals surface area (Å²) in [6.07, 6.45) is 1.58. The van der Waals surface area contributed by atoms with Gasteiger partial charge in [0.2, 0.25) is 5.95 Å². The molecule has 0 aliphatic carbocycles. The fraction of sp³-hybridized carbons (Fsp3) is 0.182. The summed E-state index contributed by atoms with van der Waals surface area (Å²) in [5.74, 6) is 0.929. The minimum atomic E-state index is -0.469. The van der Waals surface area contributed by atoms with Crippen LogP contribution < -0.4 is 21.4 Å². The van der Waals surface area contributed by atoms with Crippen molar-refractivity contribution in [1.29, 1.82) is 0 Å². The third kappa shape index (κ3) is 4.31. The van der Waals surface area contributed by atoms with E-state index in [4.69, 9.17) is 16.3 Å². The van der Waals surface area contributed by atoms with Crippen LogP contribution in [0.25, 0.3) is 11.2 Å². The van der Waals surface area contributed by atoms with Crippen LogP contribution in [0.1, 0.15) is 11.1 Å². The zero-order valence-electron chi connectivity index (χ0n) is 18.0. The van der Waals surface area contributed by atoms with Crippen LogP contribution >= 0.6 is 27.5 Å². The highest BCUT2D eigenvalue weighted by Crippen LogP contribution is 2.23. The van der Waals surface area contributed by atoms with E-state index in [9.17, 15) is 9.59 Å². The maximum Gasteiger partial charge on any atom is 0.332 e. The van der Waals surface area contributed by atoms with Gasteiger partial charge in [-0.15, -0.1) is 0 Å². The number of aryl methyl sites for hydroxylation is 1. The molecule has 0 radical (unpaired) electrons. The standard InChI is InChI=1S/C22H20BrClN6O3/c1-28-19-18(20(31)29(2)22(28)32)30(12-13-6-4-5-7-16(13)24)21(26-19)27-25-11-14-10-15(23)8-9-17(14)33-3/h4-11H,12H2,1-3H3,(H,26,27). The van der Waals surface area contributed by atoms with Gasteiger partial charge < -0.3 is 4.74 Å². The van der Waals surface area contributed by atoms with E-state index in [1.165, 1.54) is 11.6 Å².